The number of hydrogen-bond donors (Lipinski definition) is 1. The number of fused-ring (bicyclic) bond motifs is 1. The maximum Gasteiger partial charge on any atom is 0.203 e. The van der Waals surface area contributed by atoms with Crippen LogP contribution in [0.15, 0.2) is 47.6 Å². The van der Waals surface area contributed by atoms with Gasteiger partial charge in [-0.05, 0) is 36.5 Å². The van der Waals surface area contributed by atoms with Gasteiger partial charge in [0, 0.05) is 31.2 Å². The second kappa shape index (κ2) is 7.74. The lowest BCUT2D eigenvalue weighted by atomic mass is 10.1. The van der Waals surface area contributed by atoms with Crippen LogP contribution < -0.4 is 5.73 Å². The molecule has 2 aromatic heterocycles. The molecule has 6 heteroatoms. The topological polar surface area (TPSA) is 77.0 Å². The van der Waals surface area contributed by atoms with Crippen LogP contribution in [0.25, 0.3) is 0 Å². The quantitative estimate of drug-likeness (QED) is 0.645. The number of aromatic nitrogens is 3. The second-order valence-electron chi connectivity index (χ2n) is 6.57. The molecule has 0 amide bonds. The average Bonchev–Trinajstić information content (AvgIpc) is 3.24. The van der Waals surface area contributed by atoms with Crippen molar-refractivity contribution in [2.24, 2.45) is 4.99 Å². The fraction of sp³-hybridized carbons (Fsp3) is 0.300. The monoisotopic (exact) mass is 363 g/mol. The summed E-state index contributed by atoms with van der Waals surface area (Å²) < 4.78 is 0. The number of benzene rings is 1. The fourth-order valence-electron chi connectivity index (χ4n) is 3.20. The van der Waals surface area contributed by atoms with Gasteiger partial charge in [-0.3, -0.25) is 9.98 Å². The number of hydrogen-bond acceptors (Lipinski definition) is 6. The van der Waals surface area contributed by atoms with Crippen LogP contribution >= 0.6 is 11.3 Å². The van der Waals surface area contributed by atoms with E-state index in [4.69, 9.17) is 10.7 Å². The van der Waals surface area contributed by atoms with Gasteiger partial charge in [0.25, 0.3) is 0 Å². The predicted molar refractivity (Wildman–Crippen MR) is 106 cm³/mol. The minimum Gasteiger partial charge on any atom is -0.374 e. The van der Waals surface area contributed by atoms with Crippen molar-refractivity contribution in [3.05, 3.63) is 64.4 Å². The molecule has 1 aliphatic heterocycles. The van der Waals surface area contributed by atoms with Crippen LogP contribution in [-0.4, -0.2) is 20.9 Å². The fourth-order valence-corrected chi connectivity index (χ4v) is 3.85. The number of aliphatic imine (C=N–C) groups is 1. The van der Waals surface area contributed by atoms with Gasteiger partial charge in [-0.25, -0.2) is 0 Å². The van der Waals surface area contributed by atoms with Crippen molar-refractivity contribution in [3.63, 3.8) is 0 Å². The van der Waals surface area contributed by atoms with Crippen LogP contribution in [-0.2, 0) is 25.7 Å². The van der Waals surface area contributed by atoms with Crippen LogP contribution in [0.1, 0.15) is 34.7 Å². The Balaban J connectivity index is 1.32. The van der Waals surface area contributed by atoms with E-state index in [0.29, 0.717) is 5.13 Å². The molecular formula is C20H21N5S. The van der Waals surface area contributed by atoms with Crippen molar-refractivity contribution in [1.29, 1.82) is 0 Å². The second-order valence-corrected chi connectivity index (χ2v) is 7.66. The number of nitrogen functional groups attached to an aromatic ring is 1. The zero-order valence-corrected chi connectivity index (χ0v) is 15.4. The number of anilines is 1. The number of nitrogens with two attached hydrogens (primary N) is 1. The molecule has 1 aliphatic rings. The lowest BCUT2D eigenvalue weighted by Crippen LogP contribution is -2.03. The highest BCUT2D eigenvalue weighted by atomic mass is 32.1. The molecule has 0 saturated carbocycles. The van der Waals surface area contributed by atoms with Crippen LogP contribution in [0.4, 0.5) is 10.8 Å². The number of unbranched alkanes of at least 4 members (excludes halogenated alkanes) is 1. The normalized spacial score (nSPS) is 12.8. The molecule has 2 N–H and O–H groups in total. The van der Waals surface area contributed by atoms with Gasteiger partial charge in [0.05, 0.1) is 11.4 Å². The summed E-state index contributed by atoms with van der Waals surface area (Å²) in [6.45, 7) is 0. The average molecular weight is 363 g/mol. The predicted octanol–water partition coefficient (Wildman–Crippen LogP) is 3.95. The molecule has 132 valence electrons. The Labute approximate surface area is 157 Å². The minimum atomic E-state index is 0.548. The molecular weight excluding hydrogens is 342 g/mol. The molecule has 3 heterocycles. The summed E-state index contributed by atoms with van der Waals surface area (Å²) in [4.78, 5) is 9.45. The van der Waals surface area contributed by atoms with Gasteiger partial charge in [0.1, 0.15) is 5.01 Å². The van der Waals surface area contributed by atoms with Crippen molar-refractivity contribution < 1.29 is 0 Å². The Morgan fingerprint density at radius 3 is 2.65 bits per heavy atom. The van der Waals surface area contributed by atoms with E-state index in [9.17, 15) is 0 Å². The highest BCUT2D eigenvalue weighted by Crippen LogP contribution is 2.27. The highest BCUT2D eigenvalue weighted by Gasteiger charge is 2.16. The summed E-state index contributed by atoms with van der Waals surface area (Å²) in [6, 6.07) is 12.7. The van der Waals surface area contributed by atoms with Crippen molar-refractivity contribution in [1.82, 2.24) is 15.2 Å². The molecule has 0 aliphatic carbocycles. The van der Waals surface area contributed by atoms with Gasteiger partial charge in [-0.1, -0.05) is 41.7 Å². The van der Waals surface area contributed by atoms with Crippen molar-refractivity contribution >= 4 is 27.9 Å². The minimum absolute atomic E-state index is 0.548. The Bertz CT molecular complexity index is 917. The summed E-state index contributed by atoms with van der Waals surface area (Å²) in [5, 5.41) is 9.48. The molecule has 5 nitrogen and oxygen atoms in total. The number of rotatable bonds is 7. The van der Waals surface area contributed by atoms with Gasteiger partial charge in [0.15, 0.2) is 0 Å². The first-order chi connectivity index (χ1) is 12.8. The standard InChI is InChI=1S/C20H21N5S/c21-20-25-24-19(26-20)9-5-4-8-15-11-18-17(22-13-15)12-16(23-18)10-14-6-2-1-3-7-14/h1-3,6-7,11,13H,4-5,8-10,12H2,(H2,21,25). The third kappa shape index (κ3) is 4.14. The van der Waals surface area contributed by atoms with E-state index in [1.165, 1.54) is 28.2 Å². The van der Waals surface area contributed by atoms with Gasteiger partial charge in [0.2, 0.25) is 5.13 Å². The zero-order valence-electron chi connectivity index (χ0n) is 14.6. The lowest BCUT2D eigenvalue weighted by molar-refractivity contribution is 0.724. The first-order valence-electron chi connectivity index (χ1n) is 8.92. The molecule has 3 aromatic rings. The SMILES string of the molecule is Nc1nnc(CCCCc2cnc3c(c2)N=C(Cc2ccccc2)C3)s1. The molecule has 0 fully saturated rings. The number of aryl methyl sites for hydroxylation is 2. The summed E-state index contributed by atoms with van der Waals surface area (Å²) in [5.41, 5.74) is 11.5. The van der Waals surface area contributed by atoms with Gasteiger partial charge >= 0.3 is 0 Å². The summed E-state index contributed by atoms with van der Waals surface area (Å²) >= 11 is 1.48. The molecule has 0 atom stereocenters. The van der Waals surface area contributed by atoms with Crippen LogP contribution in [0.3, 0.4) is 0 Å². The maximum atomic E-state index is 5.61. The molecule has 0 saturated heterocycles. The Hall–Kier alpha value is -2.60. The van der Waals surface area contributed by atoms with E-state index in [2.05, 4.69) is 45.5 Å². The van der Waals surface area contributed by atoms with E-state index >= 15 is 0 Å². The van der Waals surface area contributed by atoms with Crippen LogP contribution in [0.5, 0.6) is 0 Å². The first-order valence-corrected chi connectivity index (χ1v) is 9.74. The molecule has 26 heavy (non-hydrogen) atoms. The number of nitrogens with zero attached hydrogens (tertiary/aromatic N) is 4. The molecule has 1 aromatic carbocycles. The zero-order chi connectivity index (χ0) is 17.8. The van der Waals surface area contributed by atoms with E-state index in [-0.39, 0.29) is 0 Å². The summed E-state index contributed by atoms with van der Waals surface area (Å²) in [5.74, 6) is 0. The summed E-state index contributed by atoms with van der Waals surface area (Å²) in [6.07, 6.45) is 7.89. The van der Waals surface area contributed by atoms with Crippen molar-refractivity contribution in [2.75, 3.05) is 5.73 Å². The Morgan fingerprint density at radius 2 is 1.85 bits per heavy atom. The van der Waals surface area contributed by atoms with Gasteiger partial charge in [-0.15, -0.1) is 10.2 Å². The first kappa shape index (κ1) is 16.8. The third-order valence-electron chi connectivity index (χ3n) is 4.49. The smallest absolute Gasteiger partial charge is 0.203 e. The Morgan fingerprint density at radius 1 is 1.00 bits per heavy atom. The molecule has 0 bridgehead atoms. The number of pyridine rings is 1. The van der Waals surface area contributed by atoms with Gasteiger partial charge in [-0.2, -0.15) is 0 Å². The third-order valence-corrected chi connectivity index (χ3v) is 5.31. The molecule has 0 spiro atoms. The van der Waals surface area contributed by atoms with E-state index in [1.807, 2.05) is 12.3 Å². The largest absolute Gasteiger partial charge is 0.374 e. The molecule has 4 rings (SSSR count). The van der Waals surface area contributed by atoms with E-state index in [1.54, 1.807) is 0 Å². The maximum absolute atomic E-state index is 5.61. The van der Waals surface area contributed by atoms with Crippen LogP contribution in [0, 0.1) is 0 Å². The molecule has 0 radical (unpaired) electrons. The van der Waals surface area contributed by atoms with Gasteiger partial charge < -0.3 is 5.73 Å². The lowest BCUT2D eigenvalue weighted by Gasteiger charge is -2.02. The summed E-state index contributed by atoms with van der Waals surface area (Å²) in [7, 11) is 0. The van der Waals surface area contributed by atoms with Crippen molar-refractivity contribution in [3.8, 4) is 0 Å². The Kier molecular flexibility index (Phi) is 5.02. The highest BCUT2D eigenvalue weighted by molar-refractivity contribution is 7.15. The molecule has 0 unspecified atom stereocenters. The van der Waals surface area contributed by atoms with E-state index in [0.717, 1.165) is 54.9 Å². The van der Waals surface area contributed by atoms with E-state index < -0.39 is 0 Å². The van der Waals surface area contributed by atoms with Crippen molar-refractivity contribution in [2.45, 2.75) is 38.5 Å². The van der Waals surface area contributed by atoms with Crippen LogP contribution in [0.2, 0.25) is 0 Å².